The molecule has 0 saturated carbocycles. The summed E-state index contributed by atoms with van der Waals surface area (Å²) in [6.07, 6.45) is 0. The van der Waals surface area contributed by atoms with Crippen LogP contribution in [0, 0.1) is 0 Å². The number of pyridine rings is 1. The quantitative estimate of drug-likeness (QED) is 0.652. The molecule has 6 nitrogen and oxygen atoms in total. The van der Waals surface area contributed by atoms with Crippen molar-refractivity contribution in [3.63, 3.8) is 0 Å². The van der Waals surface area contributed by atoms with Crippen LogP contribution in [0.15, 0.2) is 29.1 Å². The number of hydrogen-bond acceptors (Lipinski definition) is 3. The van der Waals surface area contributed by atoms with E-state index in [4.69, 9.17) is 0 Å². The highest BCUT2D eigenvalue weighted by atomic mass is 16.3. The second-order valence-electron chi connectivity index (χ2n) is 4.85. The van der Waals surface area contributed by atoms with Crippen LogP contribution in [-0.2, 0) is 7.05 Å². The number of carbonyl (C=O) groups excluding carboxylic acids is 1. The molecule has 1 heterocycles. The topological polar surface area (TPSA) is 87.9 Å². The predicted molar refractivity (Wildman–Crippen MR) is 80.5 cm³/mol. The molecular formula is C15H20N3O3+. The number of aryl methyl sites for hydroxylation is 1. The van der Waals surface area contributed by atoms with Gasteiger partial charge >= 0.3 is 0 Å². The number of fused-ring (bicyclic) bond motifs is 1. The lowest BCUT2D eigenvalue weighted by Gasteiger charge is -2.11. The van der Waals surface area contributed by atoms with Gasteiger partial charge in [0.15, 0.2) is 0 Å². The second-order valence-corrected chi connectivity index (χ2v) is 4.85. The maximum Gasteiger partial charge on any atom is 0.267 e. The van der Waals surface area contributed by atoms with Gasteiger partial charge in [0.05, 0.1) is 25.2 Å². The Balaban J connectivity index is 2.40. The third-order valence-corrected chi connectivity index (χ3v) is 3.43. The number of nitrogens with two attached hydrogens (primary N) is 1. The zero-order valence-corrected chi connectivity index (χ0v) is 12.2. The molecule has 0 saturated heterocycles. The van der Waals surface area contributed by atoms with Crippen LogP contribution in [0.1, 0.15) is 17.3 Å². The van der Waals surface area contributed by atoms with Gasteiger partial charge in [-0.2, -0.15) is 0 Å². The fraction of sp³-hybridized carbons (Fsp3) is 0.333. The maximum absolute atomic E-state index is 12.3. The van der Waals surface area contributed by atoms with Gasteiger partial charge in [0.25, 0.3) is 11.5 Å². The van der Waals surface area contributed by atoms with Gasteiger partial charge < -0.3 is 20.3 Å². The van der Waals surface area contributed by atoms with E-state index in [1.807, 2.05) is 12.2 Å². The van der Waals surface area contributed by atoms with Gasteiger partial charge in [-0.05, 0) is 19.1 Å². The minimum absolute atomic E-state index is 0.201. The Bertz CT molecular complexity index is 722. The fourth-order valence-corrected chi connectivity index (χ4v) is 2.26. The number of quaternary nitrogens is 1. The van der Waals surface area contributed by atoms with Crippen LogP contribution >= 0.6 is 0 Å². The van der Waals surface area contributed by atoms with Crippen LogP contribution in [0.25, 0.3) is 10.9 Å². The van der Waals surface area contributed by atoms with Crippen molar-refractivity contribution in [3.8, 4) is 5.75 Å². The summed E-state index contributed by atoms with van der Waals surface area (Å²) in [6.45, 7) is 4.13. The first-order valence-electron chi connectivity index (χ1n) is 6.98. The first-order chi connectivity index (χ1) is 10.1. The molecule has 0 fully saturated rings. The van der Waals surface area contributed by atoms with Crippen molar-refractivity contribution in [2.75, 3.05) is 19.6 Å². The van der Waals surface area contributed by atoms with Gasteiger partial charge in [-0.1, -0.05) is 12.1 Å². The average Bonchev–Trinajstić information content (AvgIpc) is 2.49. The van der Waals surface area contributed by atoms with Crippen molar-refractivity contribution >= 4 is 16.8 Å². The number of aromatic hydroxyl groups is 1. The van der Waals surface area contributed by atoms with Gasteiger partial charge in [-0.3, -0.25) is 9.59 Å². The number of nitrogens with zero attached hydrogens (tertiary/aromatic N) is 1. The van der Waals surface area contributed by atoms with E-state index in [1.54, 1.807) is 31.3 Å². The summed E-state index contributed by atoms with van der Waals surface area (Å²) in [5.74, 6) is -0.797. The number of likely N-dealkylation sites (N-methyl/N-ethyl adjacent to an activating group) is 1. The lowest BCUT2D eigenvalue weighted by molar-refractivity contribution is -0.649. The summed E-state index contributed by atoms with van der Waals surface area (Å²) < 4.78 is 1.38. The van der Waals surface area contributed by atoms with E-state index in [1.165, 1.54) is 4.57 Å². The fourth-order valence-electron chi connectivity index (χ4n) is 2.26. The van der Waals surface area contributed by atoms with E-state index >= 15 is 0 Å². The maximum atomic E-state index is 12.3. The Morgan fingerprint density at radius 2 is 2.10 bits per heavy atom. The number of benzene rings is 1. The van der Waals surface area contributed by atoms with Crippen molar-refractivity contribution in [2.24, 2.45) is 7.05 Å². The third-order valence-electron chi connectivity index (χ3n) is 3.43. The Hall–Kier alpha value is -2.34. The molecule has 0 aliphatic carbocycles. The summed E-state index contributed by atoms with van der Waals surface area (Å²) >= 11 is 0. The van der Waals surface area contributed by atoms with Gasteiger partial charge in [0.1, 0.15) is 11.3 Å². The average molecular weight is 290 g/mol. The molecular weight excluding hydrogens is 270 g/mol. The molecule has 0 radical (unpaired) electrons. The Morgan fingerprint density at radius 3 is 2.81 bits per heavy atom. The molecule has 2 rings (SSSR count). The van der Waals surface area contributed by atoms with Crippen molar-refractivity contribution in [1.82, 2.24) is 9.88 Å². The highest BCUT2D eigenvalue weighted by molar-refractivity contribution is 6.02. The Labute approximate surface area is 122 Å². The molecule has 2 aromatic rings. The molecule has 1 aromatic heterocycles. The molecule has 0 spiro atoms. The second kappa shape index (κ2) is 6.41. The molecule has 21 heavy (non-hydrogen) atoms. The van der Waals surface area contributed by atoms with Crippen LogP contribution < -0.4 is 16.2 Å². The van der Waals surface area contributed by atoms with Crippen molar-refractivity contribution in [1.29, 1.82) is 0 Å². The van der Waals surface area contributed by atoms with E-state index in [0.717, 1.165) is 13.1 Å². The number of aromatic nitrogens is 1. The Kier molecular flexibility index (Phi) is 4.59. The first-order valence-corrected chi connectivity index (χ1v) is 6.98. The lowest BCUT2D eigenvalue weighted by atomic mass is 10.1. The van der Waals surface area contributed by atoms with Crippen molar-refractivity contribution in [2.45, 2.75) is 6.92 Å². The summed E-state index contributed by atoms with van der Waals surface area (Å²) in [7, 11) is 1.59. The summed E-state index contributed by atoms with van der Waals surface area (Å²) in [5.41, 5.74) is -0.105. The van der Waals surface area contributed by atoms with Crippen LogP contribution in [-0.4, -0.2) is 35.2 Å². The Morgan fingerprint density at radius 1 is 1.38 bits per heavy atom. The molecule has 112 valence electrons. The van der Waals surface area contributed by atoms with Gasteiger partial charge in [0, 0.05) is 12.4 Å². The number of nitrogens with one attached hydrogen (secondary N) is 1. The minimum Gasteiger partial charge on any atom is -0.506 e. The van der Waals surface area contributed by atoms with Crippen LogP contribution in [0.3, 0.4) is 0 Å². The van der Waals surface area contributed by atoms with Crippen molar-refractivity contribution < 1.29 is 15.2 Å². The number of para-hydroxylation sites is 1. The zero-order valence-electron chi connectivity index (χ0n) is 12.2. The smallest absolute Gasteiger partial charge is 0.267 e. The van der Waals surface area contributed by atoms with Crippen LogP contribution in [0.4, 0.5) is 0 Å². The zero-order chi connectivity index (χ0) is 15.4. The monoisotopic (exact) mass is 290 g/mol. The van der Waals surface area contributed by atoms with E-state index < -0.39 is 11.5 Å². The van der Waals surface area contributed by atoms with E-state index in [0.29, 0.717) is 17.4 Å². The normalized spacial score (nSPS) is 10.8. The molecule has 0 aliphatic heterocycles. The number of hydrogen-bond donors (Lipinski definition) is 3. The van der Waals surface area contributed by atoms with Gasteiger partial charge in [-0.15, -0.1) is 0 Å². The molecule has 0 bridgehead atoms. The van der Waals surface area contributed by atoms with E-state index in [-0.39, 0.29) is 11.3 Å². The molecule has 0 unspecified atom stereocenters. The first kappa shape index (κ1) is 15.1. The molecule has 0 atom stereocenters. The lowest BCUT2D eigenvalue weighted by Crippen LogP contribution is -2.85. The van der Waals surface area contributed by atoms with E-state index in [2.05, 4.69) is 5.32 Å². The number of amides is 1. The third kappa shape index (κ3) is 2.90. The van der Waals surface area contributed by atoms with E-state index in [9.17, 15) is 14.7 Å². The molecule has 4 N–H and O–H groups in total. The summed E-state index contributed by atoms with van der Waals surface area (Å²) in [5, 5.41) is 15.4. The van der Waals surface area contributed by atoms with Crippen LogP contribution in [0.2, 0.25) is 0 Å². The summed E-state index contributed by atoms with van der Waals surface area (Å²) in [6, 6.07) is 6.95. The number of rotatable bonds is 5. The number of carbonyl (C=O) groups is 1. The molecule has 1 aromatic carbocycles. The van der Waals surface area contributed by atoms with Gasteiger partial charge in [0.2, 0.25) is 0 Å². The highest BCUT2D eigenvalue weighted by Crippen LogP contribution is 2.25. The van der Waals surface area contributed by atoms with Crippen molar-refractivity contribution in [3.05, 3.63) is 40.2 Å². The standard InChI is InChI=1S/C15H19N3O3/c1-3-16-8-9-17-14(20)12-13(19)10-6-4-5-7-11(10)18(2)15(12)21/h4-7,16,19H,3,8-9H2,1-2H3,(H,17,20)/p+1. The highest BCUT2D eigenvalue weighted by Gasteiger charge is 2.20. The predicted octanol–water partition coefficient (Wildman–Crippen LogP) is -0.443. The SMILES string of the molecule is CC[NH2+]CCNC(=O)c1c(O)c2ccccc2n(C)c1=O. The van der Waals surface area contributed by atoms with Crippen LogP contribution in [0.5, 0.6) is 5.75 Å². The largest absolute Gasteiger partial charge is 0.506 e. The molecule has 1 amide bonds. The molecule has 6 heteroatoms. The minimum atomic E-state index is -0.539. The molecule has 0 aliphatic rings. The van der Waals surface area contributed by atoms with Gasteiger partial charge in [-0.25, -0.2) is 0 Å². The summed E-state index contributed by atoms with van der Waals surface area (Å²) in [4.78, 5) is 24.4.